The van der Waals surface area contributed by atoms with Gasteiger partial charge >= 0.3 is 0 Å². The maximum Gasteiger partial charge on any atom is 0.290 e. The largest absolute Gasteiger partial charge is 0.493 e. The maximum atomic E-state index is 13.6. The molecule has 0 spiro atoms. The summed E-state index contributed by atoms with van der Waals surface area (Å²) < 4.78 is 34.2. The quantitative estimate of drug-likeness (QED) is 0.587. The van der Waals surface area contributed by atoms with E-state index >= 15 is 0 Å². The van der Waals surface area contributed by atoms with Crippen LogP contribution in [0, 0.1) is 0 Å². The molecule has 0 unspecified atom stereocenters. The van der Waals surface area contributed by atoms with Crippen LogP contribution >= 0.6 is 0 Å². The molecule has 164 valence electrons. The number of ether oxygens (including phenoxy) is 1. The van der Waals surface area contributed by atoms with Crippen LogP contribution in [0.1, 0.15) is 12.5 Å². The number of anilines is 1. The van der Waals surface area contributed by atoms with Gasteiger partial charge in [-0.3, -0.25) is 9.78 Å². The van der Waals surface area contributed by atoms with Gasteiger partial charge in [-0.05, 0) is 31.2 Å². The zero-order chi connectivity index (χ0) is 22.0. The number of hydrogen-bond donors (Lipinski definition) is 2. The van der Waals surface area contributed by atoms with Crippen LogP contribution in [0.2, 0.25) is 0 Å². The molecule has 0 aliphatic carbocycles. The predicted octanol–water partition coefficient (Wildman–Crippen LogP) is 1.71. The fourth-order valence-electron chi connectivity index (χ4n) is 4.13. The van der Waals surface area contributed by atoms with Crippen molar-refractivity contribution in [2.45, 2.75) is 24.3 Å². The van der Waals surface area contributed by atoms with E-state index in [0.717, 1.165) is 30.9 Å². The van der Waals surface area contributed by atoms with Crippen molar-refractivity contribution in [2.75, 3.05) is 31.1 Å². The van der Waals surface area contributed by atoms with E-state index in [4.69, 9.17) is 14.6 Å². The highest BCUT2D eigenvalue weighted by atomic mass is 32.2. The summed E-state index contributed by atoms with van der Waals surface area (Å²) in [6.45, 7) is 4.87. The lowest BCUT2D eigenvalue weighted by Gasteiger charge is -2.32. The molecule has 1 saturated heterocycles. The Bertz CT molecular complexity index is 1210. The minimum atomic E-state index is -3.77. The third kappa shape index (κ3) is 3.84. The van der Waals surface area contributed by atoms with E-state index < -0.39 is 10.0 Å². The molecule has 2 aromatic heterocycles. The van der Waals surface area contributed by atoms with Crippen molar-refractivity contribution in [3.63, 3.8) is 0 Å². The number of rotatable bonds is 3. The van der Waals surface area contributed by atoms with Crippen LogP contribution in [0.4, 0.5) is 5.69 Å². The summed E-state index contributed by atoms with van der Waals surface area (Å²) in [7, 11) is -3.77. The number of hydrogen-bond acceptors (Lipinski definition) is 7. The zero-order valence-electron chi connectivity index (χ0n) is 17.1. The highest BCUT2D eigenvalue weighted by Gasteiger charge is 2.29. The number of piperazine rings is 1. The molecule has 3 aromatic rings. The van der Waals surface area contributed by atoms with Gasteiger partial charge in [0, 0.05) is 50.1 Å². The molecule has 9 nitrogen and oxygen atoms in total. The van der Waals surface area contributed by atoms with Gasteiger partial charge in [0.25, 0.3) is 16.5 Å². The number of aromatic nitrogens is 2. The summed E-state index contributed by atoms with van der Waals surface area (Å²) >= 11 is 0. The number of carbonyl (C=O) groups is 1. The van der Waals surface area contributed by atoms with Crippen molar-refractivity contribution < 1.29 is 23.1 Å². The molecule has 1 aromatic carbocycles. The average molecular weight is 445 g/mol. The van der Waals surface area contributed by atoms with Gasteiger partial charge < -0.3 is 20.1 Å². The van der Waals surface area contributed by atoms with E-state index in [9.17, 15) is 8.42 Å². The Morgan fingerprint density at radius 3 is 2.87 bits per heavy atom. The summed E-state index contributed by atoms with van der Waals surface area (Å²) in [6, 6.07) is 9.15. The highest BCUT2D eigenvalue weighted by molar-refractivity contribution is 7.90. The summed E-state index contributed by atoms with van der Waals surface area (Å²) in [4.78, 5) is 15.4. The van der Waals surface area contributed by atoms with Crippen LogP contribution in [-0.2, 0) is 21.2 Å². The normalized spacial score (nSPS) is 18.1. The maximum absolute atomic E-state index is 13.6. The number of pyridine rings is 1. The lowest BCUT2D eigenvalue weighted by atomic mass is 10.2. The van der Waals surface area contributed by atoms with Gasteiger partial charge in [0.15, 0.2) is 0 Å². The van der Waals surface area contributed by atoms with Crippen LogP contribution in [0.15, 0.2) is 47.6 Å². The van der Waals surface area contributed by atoms with E-state index in [1.165, 1.54) is 3.97 Å². The first-order chi connectivity index (χ1) is 15.0. The standard InChI is InChI=1S/C20H22N4O3S.CH2O2/c1-14-12-23(10-9-21-14)17-13-24(16-4-3-8-22-20(16)17)28(25,26)19-6-2-5-18-15(19)7-11-27-18;2-1-3/h2-6,8,13-14,21H,7,9-12H2,1H3;1H,(H,2,3)/t14-;/m1./s1. The molecule has 2 aliphatic heterocycles. The number of fused-ring (bicyclic) bond motifs is 2. The minimum absolute atomic E-state index is 0.250. The molecule has 10 heteroatoms. The van der Waals surface area contributed by atoms with Crippen molar-refractivity contribution in [2.24, 2.45) is 0 Å². The Balaban J connectivity index is 0.000000730. The monoisotopic (exact) mass is 444 g/mol. The smallest absolute Gasteiger partial charge is 0.290 e. The molecule has 31 heavy (non-hydrogen) atoms. The van der Waals surface area contributed by atoms with E-state index in [2.05, 4.69) is 22.1 Å². The van der Waals surface area contributed by atoms with E-state index in [0.29, 0.717) is 40.7 Å². The number of nitrogens with one attached hydrogen (secondary N) is 1. The van der Waals surface area contributed by atoms with Crippen LogP contribution in [-0.4, -0.2) is 61.2 Å². The Morgan fingerprint density at radius 1 is 1.29 bits per heavy atom. The second-order valence-corrected chi connectivity index (χ2v) is 9.21. The molecule has 0 saturated carbocycles. The minimum Gasteiger partial charge on any atom is -0.493 e. The van der Waals surface area contributed by atoms with Crippen LogP contribution < -0.4 is 15.0 Å². The number of benzene rings is 1. The zero-order valence-corrected chi connectivity index (χ0v) is 17.9. The first-order valence-corrected chi connectivity index (χ1v) is 11.4. The lowest BCUT2D eigenvalue weighted by molar-refractivity contribution is -0.122. The number of nitrogens with zero attached hydrogens (tertiary/aromatic N) is 3. The van der Waals surface area contributed by atoms with Gasteiger partial charge in [-0.15, -0.1) is 0 Å². The molecule has 4 heterocycles. The Kier molecular flexibility index (Phi) is 5.84. The third-order valence-corrected chi connectivity index (χ3v) is 7.21. The van der Waals surface area contributed by atoms with E-state index in [1.807, 2.05) is 12.1 Å². The summed E-state index contributed by atoms with van der Waals surface area (Å²) in [5.74, 6) is 0.659. The van der Waals surface area contributed by atoms with Gasteiger partial charge in [0.05, 0.1) is 22.7 Å². The SMILES string of the molecule is C[C@@H]1CN(c2cn(S(=O)(=O)c3cccc4c3CCO4)c3cccnc23)CCN1.O=CO. The predicted molar refractivity (Wildman–Crippen MR) is 116 cm³/mol. The third-order valence-electron chi connectivity index (χ3n) is 5.45. The van der Waals surface area contributed by atoms with Crippen LogP contribution in [0.3, 0.4) is 0 Å². The summed E-state index contributed by atoms with van der Waals surface area (Å²) in [5.41, 5.74) is 2.92. The van der Waals surface area contributed by atoms with Gasteiger partial charge in [-0.2, -0.15) is 0 Å². The van der Waals surface area contributed by atoms with Crippen molar-refractivity contribution in [3.8, 4) is 5.75 Å². The first-order valence-electron chi connectivity index (χ1n) is 10.00. The van der Waals surface area contributed by atoms with Gasteiger partial charge in [-0.1, -0.05) is 6.07 Å². The van der Waals surface area contributed by atoms with Crippen molar-refractivity contribution in [1.82, 2.24) is 14.3 Å². The molecule has 1 fully saturated rings. The molecule has 2 aliphatic rings. The Labute approximate surface area is 180 Å². The van der Waals surface area contributed by atoms with Crippen molar-refractivity contribution >= 4 is 33.2 Å². The lowest BCUT2D eigenvalue weighted by Crippen LogP contribution is -2.49. The van der Waals surface area contributed by atoms with Crippen LogP contribution in [0.5, 0.6) is 5.75 Å². The molecular formula is C21H24N4O5S. The molecule has 5 rings (SSSR count). The van der Waals surface area contributed by atoms with Gasteiger partial charge in [0.1, 0.15) is 11.3 Å². The van der Waals surface area contributed by atoms with Gasteiger partial charge in [-0.25, -0.2) is 12.4 Å². The molecule has 1 atom stereocenters. The summed E-state index contributed by atoms with van der Waals surface area (Å²) in [6.07, 6.45) is 4.03. The number of carboxylic acid groups (broad SMARTS) is 1. The molecular weight excluding hydrogens is 420 g/mol. The van der Waals surface area contributed by atoms with Crippen LogP contribution in [0.25, 0.3) is 11.0 Å². The molecule has 0 bridgehead atoms. The Morgan fingerprint density at radius 2 is 2.10 bits per heavy atom. The molecule has 0 radical (unpaired) electrons. The van der Waals surface area contributed by atoms with Gasteiger partial charge in [0.2, 0.25) is 0 Å². The van der Waals surface area contributed by atoms with E-state index in [1.54, 1.807) is 30.6 Å². The summed E-state index contributed by atoms with van der Waals surface area (Å²) in [5, 5.41) is 10.3. The first kappa shape index (κ1) is 21.1. The Hall–Kier alpha value is -3.11. The topological polar surface area (TPSA) is 114 Å². The average Bonchev–Trinajstić information content (AvgIpc) is 3.39. The van der Waals surface area contributed by atoms with Crippen molar-refractivity contribution in [1.29, 1.82) is 0 Å². The molecule has 2 N–H and O–H groups in total. The second-order valence-electron chi connectivity index (χ2n) is 7.42. The molecule has 0 amide bonds. The van der Waals surface area contributed by atoms with Crippen molar-refractivity contribution in [3.05, 3.63) is 48.3 Å². The van der Waals surface area contributed by atoms with E-state index in [-0.39, 0.29) is 6.47 Å². The highest BCUT2D eigenvalue weighted by Crippen LogP contribution is 2.35. The second kappa shape index (κ2) is 8.56. The fourth-order valence-corrected chi connectivity index (χ4v) is 5.75. The fraction of sp³-hybridized carbons (Fsp3) is 0.333.